The lowest BCUT2D eigenvalue weighted by Crippen LogP contribution is -2.11. The Morgan fingerprint density at radius 3 is 2.85 bits per heavy atom. The maximum atomic E-state index is 12.6. The summed E-state index contributed by atoms with van der Waals surface area (Å²) in [5.74, 6) is 0.425. The van der Waals surface area contributed by atoms with Gasteiger partial charge in [0.15, 0.2) is 5.75 Å². The van der Waals surface area contributed by atoms with E-state index in [1.54, 1.807) is 6.07 Å². The van der Waals surface area contributed by atoms with Gasteiger partial charge in [0.2, 0.25) is 0 Å². The summed E-state index contributed by atoms with van der Waals surface area (Å²) in [6.45, 7) is -3.24. The Bertz CT molecular complexity index is 906. The number of fused-ring (bicyclic) bond motifs is 1. The number of nitrogens with zero attached hydrogens (tertiary/aromatic N) is 2. The van der Waals surface area contributed by atoms with Gasteiger partial charge in [-0.3, -0.25) is 9.97 Å². The molecule has 0 spiro atoms. The summed E-state index contributed by atoms with van der Waals surface area (Å²) < 4.78 is 46.7. The van der Waals surface area contributed by atoms with Gasteiger partial charge in [-0.2, -0.15) is 13.8 Å². The molecule has 3 aromatic rings. The molecule has 0 radical (unpaired) electrons. The molecule has 7 nitrogen and oxygen atoms in total. The zero-order valence-electron chi connectivity index (χ0n) is 13.6. The summed E-state index contributed by atoms with van der Waals surface area (Å²) in [6.07, 6.45) is 1.50. The summed E-state index contributed by atoms with van der Waals surface area (Å²) >= 11 is -1.59. The molecule has 1 atom stereocenters. The fraction of sp³-hybridized carbons (Fsp3) is 0.250. The first-order valence-electron chi connectivity index (χ1n) is 7.46. The van der Waals surface area contributed by atoms with Gasteiger partial charge in [-0.1, -0.05) is 0 Å². The van der Waals surface area contributed by atoms with Gasteiger partial charge in [0.25, 0.3) is 0 Å². The Morgan fingerprint density at radius 2 is 2.15 bits per heavy atom. The van der Waals surface area contributed by atoms with E-state index in [4.69, 9.17) is 4.74 Å². The smallest absolute Gasteiger partial charge is 0.387 e. The standard InChI is InChI=1S/C16H15F2N3O4S/c1-24-14-4-5-19-13(10(14)7-22)8-26(23)16-20-11-3-2-9(25-15(17)18)6-12(11)21-16/h2-6,15,22H,7-8H2,1H3,(H,20,21)/t26-/m0/s1. The topological polar surface area (TPSA) is 103 Å². The molecule has 3 rings (SSSR count). The fourth-order valence-electron chi connectivity index (χ4n) is 2.44. The van der Waals surface area contributed by atoms with Crippen molar-refractivity contribution in [1.82, 2.24) is 15.0 Å². The number of ether oxygens (including phenoxy) is 2. The maximum absolute atomic E-state index is 12.6. The first-order valence-corrected chi connectivity index (χ1v) is 8.78. The number of halogens is 2. The minimum absolute atomic E-state index is 0.00725. The van der Waals surface area contributed by atoms with Crippen LogP contribution in [0.4, 0.5) is 8.78 Å². The normalized spacial score (nSPS) is 12.5. The molecule has 1 aromatic carbocycles. The molecule has 138 valence electrons. The number of aliphatic hydroxyl groups is 1. The Kier molecular flexibility index (Phi) is 5.55. The van der Waals surface area contributed by atoms with Gasteiger partial charge < -0.3 is 19.1 Å². The van der Waals surface area contributed by atoms with Crippen molar-refractivity contribution in [3.63, 3.8) is 0 Å². The number of methoxy groups -OCH3 is 1. The molecule has 0 unspecified atom stereocenters. The summed E-state index contributed by atoms with van der Waals surface area (Å²) in [5.41, 5.74) is 1.77. The van der Waals surface area contributed by atoms with Crippen LogP contribution in [0.2, 0.25) is 0 Å². The highest BCUT2D eigenvalue weighted by Crippen LogP contribution is 2.26. The molecule has 0 aliphatic heterocycles. The van der Waals surface area contributed by atoms with E-state index in [2.05, 4.69) is 19.7 Å². The first-order chi connectivity index (χ1) is 12.5. The van der Waals surface area contributed by atoms with E-state index in [9.17, 15) is 18.4 Å². The zero-order chi connectivity index (χ0) is 18.7. The van der Waals surface area contributed by atoms with Gasteiger partial charge >= 0.3 is 11.8 Å². The van der Waals surface area contributed by atoms with Crippen molar-refractivity contribution in [1.29, 1.82) is 0 Å². The van der Waals surface area contributed by atoms with Crippen LogP contribution in [0, 0.1) is 0 Å². The molecule has 2 heterocycles. The van der Waals surface area contributed by atoms with Gasteiger partial charge in [-0.15, -0.1) is 0 Å². The number of alkyl halides is 2. The van der Waals surface area contributed by atoms with Gasteiger partial charge in [0.05, 0.1) is 30.4 Å². The number of benzene rings is 1. The Morgan fingerprint density at radius 1 is 1.35 bits per heavy atom. The van der Waals surface area contributed by atoms with E-state index < -0.39 is 17.8 Å². The van der Waals surface area contributed by atoms with Crippen LogP contribution < -0.4 is 9.47 Å². The van der Waals surface area contributed by atoms with Crippen molar-refractivity contribution in [2.45, 2.75) is 24.1 Å². The summed E-state index contributed by atoms with van der Waals surface area (Å²) in [7, 11) is 1.47. The first kappa shape index (κ1) is 18.4. The monoisotopic (exact) mass is 383 g/mol. The average Bonchev–Trinajstić information content (AvgIpc) is 3.04. The van der Waals surface area contributed by atoms with Crippen molar-refractivity contribution in [3.8, 4) is 11.5 Å². The minimum Gasteiger partial charge on any atom is -0.609 e. The van der Waals surface area contributed by atoms with Crippen molar-refractivity contribution >= 4 is 22.2 Å². The van der Waals surface area contributed by atoms with Crippen LogP contribution in [0.1, 0.15) is 11.3 Å². The van der Waals surface area contributed by atoms with Crippen LogP contribution in [-0.2, 0) is 23.5 Å². The zero-order valence-corrected chi connectivity index (χ0v) is 14.4. The highest BCUT2D eigenvalue weighted by Gasteiger charge is 2.21. The Balaban J connectivity index is 1.85. The molecule has 2 N–H and O–H groups in total. The fourth-order valence-corrected chi connectivity index (χ4v) is 3.50. The molecule has 0 aliphatic rings. The van der Waals surface area contributed by atoms with Crippen molar-refractivity contribution in [2.24, 2.45) is 0 Å². The number of aliphatic hydroxyl groups excluding tert-OH is 1. The molecule has 0 bridgehead atoms. The second-order valence-electron chi connectivity index (χ2n) is 5.19. The highest BCUT2D eigenvalue weighted by atomic mass is 32.2. The van der Waals surface area contributed by atoms with Crippen molar-refractivity contribution in [2.75, 3.05) is 7.11 Å². The number of hydrogen-bond donors (Lipinski definition) is 2. The van der Waals surface area contributed by atoms with E-state index in [1.165, 1.54) is 31.5 Å². The van der Waals surface area contributed by atoms with Gasteiger partial charge in [-0.05, 0) is 18.2 Å². The number of imidazole rings is 1. The number of rotatable bonds is 7. The number of nitrogens with one attached hydrogen (secondary N) is 1. The Hall–Kier alpha value is -2.43. The number of H-pyrrole nitrogens is 1. The minimum atomic E-state index is -2.93. The van der Waals surface area contributed by atoms with Gasteiger partial charge in [-0.25, -0.2) is 0 Å². The highest BCUT2D eigenvalue weighted by molar-refractivity contribution is 7.90. The number of pyridine rings is 1. The van der Waals surface area contributed by atoms with Crippen molar-refractivity contribution < 1.29 is 27.9 Å². The van der Waals surface area contributed by atoms with Gasteiger partial charge in [0, 0.05) is 29.0 Å². The molecule has 0 saturated heterocycles. The summed E-state index contributed by atoms with van der Waals surface area (Å²) in [6, 6.07) is 5.82. The van der Waals surface area contributed by atoms with Crippen LogP contribution >= 0.6 is 0 Å². The number of hydrogen-bond acceptors (Lipinski definition) is 6. The van der Waals surface area contributed by atoms with E-state index in [0.717, 1.165) is 0 Å². The molecule has 26 heavy (non-hydrogen) atoms. The quantitative estimate of drug-likeness (QED) is 0.607. The number of aromatic nitrogens is 3. The van der Waals surface area contributed by atoms with Crippen LogP contribution in [0.25, 0.3) is 11.0 Å². The molecule has 0 amide bonds. The lowest BCUT2D eigenvalue weighted by Gasteiger charge is -2.12. The van der Waals surface area contributed by atoms with E-state index >= 15 is 0 Å². The molecule has 0 fully saturated rings. The second kappa shape index (κ2) is 7.85. The number of aromatic amines is 1. The van der Waals surface area contributed by atoms with Crippen LogP contribution in [0.5, 0.6) is 11.5 Å². The maximum Gasteiger partial charge on any atom is 0.387 e. The summed E-state index contributed by atoms with van der Waals surface area (Å²) in [5, 5.41) is 9.68. The third-order valence-corrected chi connectivity index (χ3v) is 4.78. The second-order valence-corrected chi connectivity index (χ2v) is 6.55. The predicted octanol–water partition coefficient (Wildman–Crippen LogP) is 2.37. The van der Waals surface area contributed by atoms with Gasteiger partial charge in [0.1, 0.15) is 11.5 Å². The predicted molar refractivity (Wildman–Crippen MR) is 89.5 cm³/mol. The molecule has 0 saturated carbocycles. The average molecular weight is 383 g/mol. The molecule has 10 heteroatoms. The Labute approximate surface area is 150 Å². The molecule has 2 aromatic heterocycles. The largest absolute Gasteiger partial charge is 0.609 e. The third kappa shape index (κ3) is 3.87. The van der Waals surface area contributed by atoms with Crippen LogP contribution in [0.3, 0.4) is 0 Å². The van der Waals surface area contributed by atoms with Crippen LogP contribution in [0.15, 0.2) is 35.6 Å². The summed E-state index contributed by atoms with van der Waals surface area (Å²) in [4.78, 5) is 11.2. The van der Waals surface area contributed by atoms with E-state index in [-0.39, 0.29) is 23.3 Å². The SMILES string of the molecule is COc1ccnc(C[S@+]([O-])c2nc3cc(OC(F)F)ccc3[nH]2)c1CO. The molecule has 0 aliphatic carbocycles. The molecular weight excluding hydrogens is 368 g/mol. The lowest BCUT2D eigenvalue weighted by atomic mass is 10.2. The van der Waals surface area contributed by atoms with Crippen LogP contribution in [-0.4, -0.2) is 38.3 Å². The van der Waals surface area contributed by atoms with E-state index in [1.807, 2.05) is 0 Å². The van der Waals surface area contributed by atoms with Crippen molar-refractivity contribution in [3.05, 3.63) is 41.7 Å². The van der Waals surface area contributed by atoms with E-state index in [0.29, 0.717) is 28.0 Å². The molecular formula is C16H15F2N3O4S. The lowest BCUT2D eigenvalue weighted by molar-refractivity contribution is -0.0497. The third-order valence-electron chi connectivity index (χ3n) is 3.62.